The van der Waals surface area contributed by atoms with Crippen molar-refractivity contribution in [3.8, 4) is 0 Å². The molecule has 0 aliphatic carbocycles. The summed E-state index contributed by atoms with van der Waals surface area (Å²) in [6.45, 7) is 6.46. The molecule has 0 bridgehead atoms. The van der Waals surface area contributed by atoms with Crippen LogP contribution in [0.1, 0.15) is 31.9 Å². The first-order valence-corrected chi connectivity index (χ1v) is 7.38. The summed E-state index contributed by atoms with van der Waals surface area (Å²) in [5.74, 6) is 0.548. The highest BCUT2D eigenvalue weighted by Gasteiger charge is 2.24. The lowest BCUT2D eigenvalue weighted by Gasteiger charge is -2.34. The van der Waals surface area contributed by atoms with E-state index < -0.39 is 0 Å². The molecular weight excluding hydrogens is 286 g/mol. The smallest absolute Gasteiger partial charge is 0.234 e. The average Bonchev–Trinajstić information content (AvgIpc) is 2.44. The summed E-state index contributed by atoms with van der Waals surface area (Å²) in [6, 6.07) is 10.4. The number of piperidine rings is 1. The van der Waals surface area contributed by atoms with Crippen LogP contribution in [0.15, 0.2) is 30.3 Å². The number of amides is 1. The first-order valence-electron chi connectivity index (χ1n) is 7.38. The molecule has 5 heteroatoms. The molecule has 3 atom stereocenters. The van der Waals surface area contributed by atoms with Gasteiger partial charge >= 0.3 is 0 Å². The molecule has 1 amide bonds. The van der Waals surface area contributed by atoms with Crippen molar-refractivity contribution in [1.82, 2.24) is 10.2 Å². The van der Waals surface area contributed by atoms with Gasteiger partial charge in [0.1, 0.15) is 0 Å². The molecule has 21 heavy (non-hydrogen) atoms. The normalized spacial score (nSPS) is 24.0. The van der Waals surface area contributed by atoms with E-state index in [1.54, 1.807) is 0 Å². The van der Waals surface area contributed by atoms with Gasteiger partial charge in [-0.05, 0) is 24.8 Å². The Labute approximate surface area is 133 Å². The van der Waals surface area contributed by atoms with Gasteiger partial charge in [-0.2, -0.15) is 0 Å². The summed E-state index contributed by atoms with van der Waals surface area (Å²) < 4.78 is 0. The molecule has 1 fully saturated rings. The number of rotatable bonds is 4. The minimum absolute atomic E-state index is 0. The van der Waals surface area contributed by atoms with Gasteiger partial charge in [0.25, 0.3) is 0 Å². The molecule has 0 spiro atoms. The van der Waals surface area contributed by atoms with E-state index in [1.807, 2.05) is 37.3 Å². The zero-order valence-electron chi connectivity index (χ0n) is 12.8. The second kappa shape index (κ2) is 8.37. The molecule has 4 nitrogen and oxygen atoms in total. The Kier molecular flexibility index (Phi) is 7.15. The second-order valence-corrected chi connectivity index (χ2v) is 5.86. The molecule has 1 aromatic rings. The zero-order valence-corrected chi connectivity index (χ0v) is 13.6. The molecular formula is C16H26ClN3O. The summed E-state index contributed by atoms with van der Waals surface area (Å²) in [5, 5.41) is 3.06. The van der Waals surface area contributed by atoms with Crippen molar-refractivity contribution < 1.29 is 4.79 Å². The van der Waals surface area contributed by atoms with E-state index in [2.05, 4.69) is 17.1 Å². The fraction of sp³-hybridized carbons (Fsp3) is 0.562. The van der Waals surface area contributed by atoms with E-state index >= 15 is 0 Å². The number of nitrogens with two attached hydrogens (primary N) is 1. The Bertz CT molecular complexity index is 440. The van der Waals surface area contributed by atoms with E-state index in [-0.39, 0.29) is 30.4 Å². The number of nitrogens with zero attached hydrogens (tertiary/aromatic N) is 1. The molecule has 1 saturated heterocycles. The van der Waals surface area contributed by atoms with Gasteiger partial charge < -0.3 is 11.1 Å². The van der Waals surface area contributed by atoms with Gasteiger partial charge in [0, 0.05) is 19.1 Å². The topological polar surface area (TPSA) is 58.4 Å². The highest BCUT2D eigenvalue weighted by molar-refractivity contribution is 5.85. The molecule has 3 unspecified atom stereocenters. The molecule has 118 valence electrons. The number of nitrogens with one attached hydrogen (secondary N) is 1. The van der Waals surface area contributed by atoms with Crippen molar-refractivity contribution in [1.29, 1.82) is 0 Å². The molecule has 1 aromatic carbocycles. The van der Waals surface area contributed by atoms with Gasteiger partial charge in [0.2, 0.25) is 5.91 Å². The molecule has 2 rings (SSSR count). The Morgan fingerprint density at radius 2 is 2.10 bits per heavy atom. The Morgan fingerprint density at radius 1 is 1.43 bits per heavy atom. The monoisotopic (exact) mass is 311 g/mol. The van der Waals surface area contributed by atoms with Gasteiger partial charge in [0.15, 0.2) is 0 Å². The van der Waals surface area contributed by atoms with Crippen LogP contribution in [-0.4, -0.2) is 36.5 Å². The van der Waals surface area contributed by atoms with E-state index in [1.165, 1.54) is 0 Å². The highest BCUT2D eigenvalue weighted by Crippen LogP contribution is 2.15. The fourth-order valence-electron chi connectivity index (χ4n) is 2.71. The van der Waals surface area contributed by atoms with E-state index in [4.69, 9.17) is 5.73 Å². The van der Waals surface area contributed by atoms with Crippen LogP contribution in [0.25, 0.3) is 0 Å². The lowest BCUT2D eigenvalue weighted by Crippen LogP contribution is -2.49. The van der Waals surface area contributed by atoms with Gasteiger partial charge in [-0.15, -0.1) is 12.4 Å². The molecule has 0 aromatic heterocycles. The van der Waals surface area contributed by atoms with Crippen LogP contribution in [-0.2, 0) is 4.79 Å². The van der Waals surface area contributed by atoms with Crippen LogP contribution in [0.2, 0.25) is 0 Å². The lowest BCUT2D eigenvalue weighted by atomic mass is 9.95. The largest absolute Gasteiger partial charge is 0.348 e. The van der Waals surface area contributed by atoms with E-state index in [0.717, 1.165) is 25.1 Å². The lowest BCUT2D eigenvalue weighted by molar-refractivity contribution is -0.123. The number of halogens is 1. The van der Waals surface area contributed by atoms with Crippen molar-refractivity contribution in [3.63, 3.8) is 0 Å². The van der Waals surface area contributed by atoms with Gasteiger partial charge in [-0.25, -0.2) is 0 Å². The van der Waals surface area contributed by atoms with Crippen LogP contribution in [0.5, 0.6) is 0 Å². The van der Waals surface area contributed by atoms with Crippen LogP contribution in [0.4, 0.5) is 0 Å². The third-order valence-electron chi connectivity index (χ3n) is 4.10. The minimum Gasteiger partial charge on any atom is -0.348 e. The maximum atomic E-state index is 12.1. The predicted octanol–water partition coefficient (Wildman–Crippen LogP) is 1.95. The van der Waals surface area contributed by atoms with Gasteiger partial charge in [0.05, 0.1) is 12.6 Å². The third kappa shape index (κ3) is 5.30. The molecule has 0 radical (unpaired) electrons. The van der Waals surface area contributed by atoms with Crippen molar-refractivity contribution in [3.05, 3.63) is 35.9 Å². The maximum Gasteiger partial charge on any atom is 0.234 e. The number of benzene rings is 1. The SMILES string of the molecule is CC(NC(=O)CN1CCC(N)C(C)C1)c1ccccc1.Cl. The Morgan fingerprint density at radius 3 is 2.71 bits per heavy atom. The quantitative estimate of drug-likeness (QED) is 0.893. The number of hydrogen-bond acceptors (Lipinski definition) is 3. The highest BCUT2D eigenvalue weighted by atomic mass is 35.5. The van der Waals surface area contributed by atoms with Crippen LogP contribution in [0.3, 0.4) is 0 Å². The number of carbonyl (C=O) groups excluding carboxylic acids is 1. The molecule has 1 heterocycles. The van der Waals surface area contributed by atoms with E-state index in [0.29, 0.717) is 12.5 Å². The van der Waals surface area contributed by atoms with Gasteiger partial charge in [-0.1, -0.05) is 37.3 Å². The maximum absolute atomic E-state index is 12.1. The summed E-state index contributed by atoms with van der Waals surface area (Å²) >= 11 is 0. The standard InChI is InChI=1S/C16H25N3O.ClH/c1-12-10-19(9-8-15(12)17)11-16(20)18-13(2)14-6-4-3-5-7-14;/h3-7,12-13,15H,8-11,17H2,1-2H3,(H,18,20);1H. The number of hydrogen-bond donors (Lipinski definition) is 2. The Balaban J connectivity index is 0.00000220. The fourth-order valence-corrected chi connectivity index (χ4v) is 2.71. The van der Waals surface area contributed by atoms with Crippen LogP contribution < -0.4 is 11.1 Å². The molecule has 1 aliphatic heterocycles. The minimum atomic E-state index is 0. The summed E-state index contributed by atoms with van der Waals surface area (Å²) in [7, 11) is 0. The van der Waals surface area contributed by atoms with E-state index in [9.17, 15) is 4.79 Å². The first kappa shape index (κ1) is 18.0. The first-order chi connectivity index (χ1) is 9.56. The van der Waals surface area contributed by atoms with Crippen molar-refractivity contribution in [2.75, 3.05) is 19.6 Å². The van der Waals surface area contributed by atoms with Crippen molar-refractivity contribution in [2.45, 2.75) is 32.4 Å². The van der Waals surface area contributed by atoms with Crippen molar-refractivity contribution in [2.24, 2.45) is 11.7 Å². The zero-order chi connectivity index (χ0) is 14.5. The predicted molar refractivity (Wildman–Crippen MR) is 88.4 cm³/mol. The molecule has 0 saturated carbocycles. The molecule has 1 aliphatic rings. The summed E-state index contributed by atoms with van der Waals surface area (Å²) in [6.07, 6.45) is 0.975. The number of likely N-dealkylation sites (tertiary alicyclic amines) is 1. The van der Waals surface area contributed by atoms with Crippen molar-refractivity contribution >= 4 is 18.3 Å². The van der Waals surface area contributed by atoms with Crippen LogP contribution >= 0.6 is 12.4 Å². The average molecular weight is 312 g/mol. The summed E-state index contributed by atoms with van der Waals surface area (Å²) in [4.78, 5) is 14.3. The van der Waals surface area contributed by atoms with Gasteiger partial charge in [-0.3, -0.25) is 9.69 Å². The van der Waals surface area contributed by atoms with Crippen LogP contribution in [0, 0.1) is 5.92 Å². The third-order valence-corrected chi connectivity index (χ3v) is 4.10. The molecule has 3 N–H and O–H groups in total. The second-order valence-electron chi connectivity index (χ2n) is 5.86. The summed E-state index contributed by atoms with van der Waals surface area (Å²) in [5.41, 5.74) is 7.13. The number of carbonyl (C=O) groups is 1. The Hall–Kier alpha value is -1.10.